The molecule has 86 valence electrons. The number of hydrogen-bond acceptors (Lipinski definition) is 2. The van der Waals surface area contributed by atoms with Crippen molar-refractivity contribution >= 4 is 5.78 Å². The summed E-state index contributed by atoms with van der Waals surface area (Å²) in [5, 5.41) is 3.31. The molecule has 1 aliphatic heterocycles. The van der Waals surface area contributed by atoms with E-state index in [1.54, 1.807) is 0 Å². The van der Waals surface area contributed by atoms with Crippen molar-refractivity contribution < 1.29 is 4.79 Å². The molecule has 1 atom stereocenters. The van der Waals surface area contributed by atoms with Gasteiger partial charge >= 0.3 is 0 Å². The average Bonchev–Trinajstić information content (AvgIpc) is 2.38. The van der Waals surface area contributed by atoms with Gasteiger partial charge < -0.3 is 5.32 Å². The van der Waals surface area contributed by atoms with Gasteiger partial charge in [0.2, 0.25) is 0 Å². The molecule has 1 aliphatic rings. The molecule has 0 radical (unpaired) electrons. The van der Waals surface area contributed by atoms with Crippen LogP contribution in [0.1, 0.15) is 31.2 Å². The number of rotatable bonds is 4. The smallest absolute Gasteiger partial charge is 0.150 e. The second-order valence-corrected chi connectivity index (χ2v) is 4.45. The van der Waals surface area contributed by atoms with Gasteiger partial charge in [-0.3, -0.25) is 4.79 Å². The number of aryl methyl sites for hydroxylation is 1. The first-order valence-electron chi connectivity index (χ1n) is 6.16. The summed E-state index contributed by atoms with van der Waals surface area (Å²) in [5.74, 6) is 0.378. The van der Waals surface area contributed by atoms with Crippen LogP contribution in [-0.2, 0) is 11.2 Å². The van der Waals surface area contributed by atoms with Crippen molar-refractivity contribution in [3.05, 3.63) is 35.9 Å². The first kappa shape index (κ1) is 11.3. The molecule has 1 saturated heterocycles. The van der Waals surface area contributed by atoms with Gasteiger partial charge in [-0.15, -0.1) is 0 Å². The first-order valence-corrected chi connectivity index (χ1v) is 6.16. The van der Waals surface area contributed by atoms with E-state index >= 15 is 0 Å². The number of piperidine rings is 1. The summed E-state index contributed by atoms with van der Waals surface area (Å²) in [4.78, 5) is 11.9. The van der Waals surface area contributed by atoms with Gasteiger partial charge in [-0.25, -0.2) is 0 Å². The van der Waals surface area contributed by atoms with Crippen molar-refractivity contribution in [1.82, 2.24) is 5.32 Å². The average molecular weight is 217 g/mol. The van der Waals surface area contributed by atoms with Crippen LogP contribution in [0, 0.1) is 0 Å². The van der Waals surface area contributed by atoms with Crippen molar-refractivity contribution in [3.63, 3.8) is 0 Å². The number of carbonyl (C=O) groups excluding carboxylic acids is 1. The number of ketones is 1. The molecule has 2 rings (SSSR count). The minimum absolute atomic E-state index is 0.123. The Balaban J connectivity index is 1.79. The van der Waals surface area contributed by atoms with Gasteiger partial charge in [0.1, 0.15) is 5.78 Å². The van der Waals surface area contributed by atoms with Crippen LogP contribution >= 0.6 is 0 Å². The molecule has 1 aromatic carbocycles. The molecule has 0 bridgehead atoms. The van der Waals surface area contributed by atoms with Crippen molar-refractivity contribution in [2.24, 2.45) is 0 Å². The third kappa shape index (κ3) is 3.17. The van der Waals surface area contributed by atoms with E-state index in [-0.39, 0.29) is 6.04 Å². The number of hydrogen-bond donors (Lipinski definition) is 1. The van der Waals surface area contributed by atoms with E-state index in [9.17, 15) is 4.79 Å². The molecule has 0 unspecified atom stereocenters. The Morgan fingerprint density at radius 2 is 2.06 bits per heavy atom. The van der Waals surface area contributed by atoms with E-state index in [1.165, 1.54) is 18.4 Å². The van der Waals surface area contributed by atoms with E-state index in [1.807, 2.05) is 18.2 Å². The molecule has 0 saturated carbocycles. The molecule has 0 spiro atoms. The SMILES string of the molecule is O=C(CCc1ccccc1)[C@@H]1CCCCN1. The zero-order valence-corrected chi connectivity index (χ0v) is 9.61. The molecule has 2 nitrogen and oxygen atoms in total. The minimum atomic E-state index is 0.123. The molecule has 0 amide bonds. The van der Waals surface area contributed by atoms with Gasteiger partial charge in [0.05, 0.1) is 6.04 Å². The van der Waals surface area contributed by atoms with Crippen molar-refractivity contribution in [3.8, 4) is 0 Å². The standard InChI is InChI=1S/C14H19NO/c16-14(13-8-4-5-11-15-13)10-9-12-6-2-1-3-7-12/h1-3,6-7,13,15H,4-5,8-11H2/t13-/m0/s1. The van der Waals surface area contributed by atoms with E-state index in [0.29, 0.717) is 12.2 Å². The zero-order valence-electron chi connectivity index (χ0n) is 9.61. The molecule has 2 heteroatoms. The fourth-order valence-corrected chi connectivity index (χ4v) is 2.21. The van der Waals surface area contributed by atoms with Gasteiger partial charge in [0.15, 0.2) is 0 Å². The summed E-state index contributed by atoms with van der Waals surface area (Å²) >= 11 is 0. The maximum atomic E-state index is 11.9. The second-order valence-electron chi connectivity index (χ2n) is 4.45. The van der Waals surface area contributed by atoms with Crippen LogP contribution in [0.3, 0.4) is 0 Å². The van der Waals surface area contributed by atoms with Crippen LogP contribution in [0.5, 0.6) is 0 Å². The Morgan fingerprint density at radius 1 is 1.25 bits per heavy atom. The summed E-state index contributed by atoms with van der Waals surface area (Å²) in [6.07, 6.45) is 4.96. The fraction of sp³-hybridized carbons (Fsp3) is 0.500. The Morgan fingerprint density at radius 3 is 2.75 bits per heavy atom. The van der Waals surface area contributed by atoms with Crippen molar-refractivity contribution in [1.29, 1.82) is 0 Å². The lowest BCUT2D eigenvalue weighted by Gasteiger charge is -2.22. The van der Waals surface area contributed by atoms with Gasteiger partial charge in [0, 0.05) is 6.42 Å². The predicted molar refractivity (Wildman–Crippen MR) is 65.4 cm³/mol. The van der Waals surface area contributed by atoms with E-state index in [0.717, 1.165) is 19.4 Å². The van der Waals surface area contributed by atoms with E-state index in [2.05, 4.69) is 17.4 Å². The highest BCUT2D eigenvalue weighted by Crippen LogP contribution is 2.11. The highest BCUT2D eigenvalue weighted by molar-refractivity contribution is 5.84. The topological polar surface area (TPSA) is 29.1 Å². The van der Waals surface area contributed by atoms with Gasteiger partial charge in [-0.2, -0.15) is 0 Å². The highest BCUT2D eigenvalue weighted by atomic mass is 16.1. The normalized spacial score (nSPS) is 20.6. The zero-order chi connectivity index (χ0) is 11.2. The van der Waals surface area contributed by atoms with Crippen LogP contribution in [0.15, 0.2) is 30.3 Å². The van der Waals surface area contributed by atoms with Crippen LogP contribution in [-0.4, -0.2) is 18.4 Å². The fourth-order valence-electron chi connectivity index (χ4n) is 2.21. The van der Waals surface area contributed by atoms with Gasteiger partial charge in [-0.1, -0.05) is 36.8 Å². The summed E-state index contributed by atoms with van der Waals surface area (Å²) in [7, 11) is 0. The Bertz CT molecular complexity index is 328. The molecular formula is C14H19NO. The molecule has 1 N–H and O–H groups in total. The molecule has 0 aromatic heterocycles. The number of benzene rings is 1. The van der Waals surface area contributed by atoms with Gasteiger partial charge in [-0.05, 0) is 31.4 Å². The maximum Gasteiger partial charge on any atom is 0.150 e. The van der Waals surface area contributed by atoms with Gasteiger partial charge in [0.25, 0.3) is 0 Å². The molecule has 0 aliphatic carbocycles. The maximum absolute atomic E-state index is 11.9. The monoisotopic (exact) mass is 217 g/mol. The molecular weight excluding hydrogens is 198 g/mol. The third-order valence-corrected chi connectivity index (χ3v) is 3.20. The number of carbonyl (C=O) groups is 1. The molecule has 1 aromatic rings. The second kappa shape index (κ2) is 5.80. The largest absolute Gasteiger partial charge is 0.307 e. The van der Waals surface area contributed by atoms with Crippen molar-refractivity contribution in [2.75, 3.05) is 6.54 Å². The molecule has 1 heterocycles. The lowest BCUT2D eigenvalue weighted by Crippen LogP contribution is -2.40. The molecule has 16 heavy (non-hydrogen) atoms. The minimum Gasteiger partial charge on any atom is -0.307 e. The summed E-state index contributed by atoms with van der Waals surface area (Å²) in [5.41, 5.74) is 1.26. The van der Waals surface area contributed by atoms with Crippen molar-refractivity contribution in [2.45, 2.75) is 38.1 Å². The third-order valence-electron chi connectivity index (χ3n) is 3.20. The van der Waals surface area contributed by atoms with E-state index < -0.39 is 0 Å². The Labute approximate surface area is 97.1 Å². The number of nitrogens with one attached hydrogen (secondary N) is 1. The summed E-state index contributed by atoms with van der Waals surface area (Å²) in [6.45, 7) is 1.00. The molecule has 1 fully saturated rings. The summed E-state index contributed by atoms with van der Waals surface area (Å²) in [6, 6.07) is 10.4. The highest BCUT2D eigenvalue weighted by Gasteiger charge is 2.19. The Hall–Kier alpha value is -1.15. The van der Waals surface area contributed by atoms with Crippen LogP contribution < -0.4 is 5.32 Å². The predicted octanol–water partition coefficient (Wildman–Crippen LogP) is 2.33. The lowest BCUT2D eigenvalue weighted by molar-refractivity contribution is -0.121. The lowest BCUT2D eigenvalue weighted by atomic mass is 9.97. The Kier molecular flexibility index (Phi) is 4.11. The number of Topliss-reactive ketones (excluding diaryl/α,β-unsaturated/α-hetero) is 1. The quantitative estimate of drug-likeness (QED) is 0.838. The summed E-state index contributed by atoms with van der Waals surface area (Å²) < 4.78 is 0. The van der Waals surface area contributed by atoms with Crippen LogP contribution in [0.4, 0.5) is 0 Å². The first-order chi connectivity index (χ1) is 7.86. The van der Waals surface area contributed by atoms with Crippen LogP contribution in [0.2, 0.25) is 0 Å². The van der Waals surface area contributed by atoms with Crippen LogP contribution in [0.25, 0.3) is 0 Å². The van der Waals surface area contributed by atoms with E-state index in [4.69, 9.17) is 0 Å².